The van der Waals surface area contributed by atoms with Crippen LogP contribution in [0.25, 0.3) is 5.70 Å². The Balaban J connectivity index is 2.13. The van der Waals surface area contributed by atoms with Crippen LogP contribution in [0.4, 0.5) is 10.1 Å². The van der Waals surface area contributed by atoms with Crippen LogP contribution in [0, 0.1) is 12.7 Å². The first kappa shape index (κ1) is 11.7. The van der Waals surface area contributed by atoms with Crippen LogP contribution in [0.5, 0.6) is 0 Å². The Bertz CT molecular complexity index is 688. The summed E-state index contributed by atoms with van der Waals surface area (Å²) < 4.78 is 13.8. The summed E-state index contributed by atoms with van der Waals surface area (Å²) in [6.07, 6.45) is 0. The number of rotatable bonds is 1. The molecule has 19 heavy (non-hydrogen) atoms. The smallest absolute Gasteiger partial charge is 0.266 e. The van der Waals surface area contributed by atoms with Crippen LogP contribution in [-0.2, 0) is 0 Å². The van der Waals surface area contributed by atoms with Crippen molar-refractivity contribution in [3.63, 3.8) is 0 Å². The van der Waals surface area contributed by atoms with E-state index in [1.54, 1.807) is 12.1 Å². The summed E-state index contributed by atoms with van der Waals surface area (Å²) in [6, 6.07) is 12.1. The van der Waals surface area contributed by atoms with E-state index < -0.39 is 5.82 Å². The van der Waals surface area contributed by atoms with Gasteiger partial charge in [0.25, 0.3) is 5.91 Å². The van der Waals surface area contributed by atoms with E-state index in [2.05, 4.69) is 6.58 Å². The summed E-state index contributed by atoms with van der Waals surface area (Å²) >= 11 is 0. The van der Waals surface area contributed by atoms with Gasteiger partial charge in [-0.2, -0.15) is 0 Å². The number of hydrogen-bond acceptors (Lipinski definition) is 1. The number of nitrogens with zero attached hydrogens (tertiary/aromatic N) is 1. The van der Waals surface area contributed by atoms with Gasteiger partial charge in [0, 0.05) is 11.3 Å². The molecule has 1 heterocycles. The molecular formula is C16H12FNO. The predicted octanol–water partition coefficient (Wildman–Crippen LogP) is 3.77. The Labute approximate surface area is 110 Å². The highest BCUT2D eigenvalue weighted by Crippen LogP contribution is 2.36. The first-order valence-electron chi connectivity index (χ1n) is 5.98. The summed E-state index contributed by atoms with van der Waals surface area (Å²) in [4.78, 5) is 13.8. The maximum absolute atomic E-state index is 13.8. The quantitative estimate of drug-likeness (QED) is 0.757. The lowest BCUT2D eigenvalue weighted by atomic mass is 10.1. The Morgan fingerprint density at radius 2 is 1.79 bits per heavy atom. The van der Waals surface area contributed by atoms with E-state index >= 15 is 0 Å². The fourth-order valence-corrected chi connectivity index (χ4v) is 2.30. The molecule has 3 heteroatoms. The number of benzene rings is 2. The zero-order valence-corrected chi connectivity index (χ0v) is 10.5. The van der Waals surface area contributed by atoms with Crippen molar-refractivity contribution in [3.05, 3.63) is 71.6 Å². The van der Waals surface area contributed by atoms with E-state index in [1.165, 1.54) is 11.0 Å². The molecule has 2 aromatic carbocycles. The van der Waals surface area contributed by atoms with Gasteiger partial charge in [-0.3, -0.25) is 9.69 Å². The minimum absolute atomic E-state index is 0.105. The first-order valence-corrected chi connectivity index (χ1v) is 5.98. The summed E-state index contributed by atoms with van der Waals surface area (Å²) in [6.45, 7) is 5.88. The highest BCUT2D eigenvalue weighted by Gasteiger charge is 2.34. The van der Waals surface area contributed by atoms with Gasteiger partial charge < -0.3 is 0 Å². The molecule has 0 saturated heterocycles. The Morgan fingerprint density at radius 1 is 1.11 bits per heavy atom. The molecule has 0 bridgehead atoms. The second kappa shape index (κ2) is 4.05. The Morgan fingerprint density at radius 3 is 2.42 bits per heavy atom. The summed E-state index contributed by atoms with van der Waals surface area (Å²) in [5, 5.41) is 0. The van der Waals surface area contributed by atoms with Crippen LogP contribution in [0.1, 0.15) is 21.5 Å². The fourth-order valence-electron chi connectivity index (χ4n) is 2.30. The van der Waals surface area contributed by atoms with Crippen molar-refractivity contribution in [1.82, 2.24) is 0 Å². The van der Waals surface area contributed by atoms with E-state index in [-0.39, 0.29) is 11.5 Å². The van der Waals surface area contributed by atoms with Crippen LogP contribution in [0.2, 0.25) is 0 Å². The highest BCUT2D eigenvalue weighted by atomic mass is 19.1. The number of aryl methyl sites for hydroxylation is 1. The second-order valence-corrected chi connectivity index (χ2v) is 4.59. The van der Waals surface area contributed by atoms with Crippen molar-refractivity contribution in [3.8, 4) is 0 Å². The van der Waals surface area contributed by atoms with Crippen LogP contribution < -0.4 is 4.90 Å². The number of amides is 1. The van der Waals surface area contributed by atoms with Crippen LogP contribution in [-0.4, -0.2) is 5.91 Å². The third-order valence-corrected chi connectivity index (χ3v) is 3.30. The maximum Gasteiger partial charge on any atom is 0.266 e. The molecule has 1 aliphatic heterocycles. The van der Waals surface area contributed by atoms with Crippen molar-refractivity contribution >= 4 is 17.3 Å². The molecule has 0 unspecified atom stereocenters. The first-order chi connectivity index (χ1) is 9.09. The SMILES string of the molecule is C=C1c2cccc(F)c2C(=O)N1c1ccc(C)cc1. The number of halogens is 1. The van der Waals surface area contributed by atoms with Gasteiger partial charge in [-0.1, -0.05) is 36.4 Å². The molecule has 0 radical (unpaired) electrons. The third kappa shape index (κ3) is 1.66. The van der Waals surface area contributed by atoms with E-state index in [9.17, 15) is 9.18 Å². The van der Waals surface area contributed by atoms with Crippen molar-refractivity contribution in [2.45, 2.75) is 6.92 Å². The summed E-state index contributed by atoms with van der Waals surface area (Å²) in [5.74, 6) is -0.861. The average Bonchev–Trinajstić information content (AvgIpc) is 2.65. The molecule has 1 aliphatic rings. The van der Waals surface area contributed by atoms with Gasteiger partial charge in [0.1, 0.15) is 5.82 Å². The molecule has 0 aromatic heterocycles. The third-order valence-electron chi connectivity index (χ3n) is 3.30. The molecule has 1 amide bonds. The minimum atomic E-state index is -0.502. The topological polar surface area (TPSA) is 20.3 Å². The minimum Gasteiger partial charge on any atom is -0.277 e. The molecule has 0 N–H and O–H groups in total. The monoisotopic (exact) mass is 253 g/mol. The molecule has 0 spiro atoms. The van der Waals surface area contributed by atoms with E-state index in [0.717, 1.165) is 5.56 Å². The molecule has 0 atom stereocenters. The molecular weight excluding hydrogens is 241 g/mol. The van der Waals surface area contributed by atoms with Crippen molar-refractivity contribution in [1.29, 1.82) is 0 Å². The van der Waals surface area contributed by atoms with Gasteiger partial charge in [-0.15, -0.1) is 0 Å². The van der Waals surface area contributed by atoms with E-state index in [4.69, 9.17) is 0 Å². The number of fused-ring (bicyclic) bond motifs is 1. The molecule has 3 rings (SSSR count). The number of carbonyl (C=O) groups is 1. The Kier molecular flexibility index (Phi) is 2.49. The maximum atomic E-state index is 13.8. The van der Waals surface area contributed by atoms with Gasteiger partial charge >= 0.3 is 0 Å². The average molecular weight is 253 g/mol. The lowest BCUT2D eigenvalue weighted by molar-refractivity contribution is 0.100. The number of carbonyl (C=O) groups excluding carboxylic acids is 1. The summed E-state index contributed by atoms with van der Waals surface area (Å²) in [5.41, 5.74) is 2.99. The number of anilines is 1. The van der Waals surface area contributed by atoms with Crippen molar-refractivity contribution < 1.29 is 9.18 Å². The molecule has 0 fully saturated rings. The standard InChI is InChI=1S/C16H12FNO/c1-10-6-8-12(9-7-10)18-11(2)13-4-3-5-14(17)15(13)16(18)19/h3-9H,2H2,1H3. The number of hydrogen-bond donors (Lipinski definition) is 0. The van der Waals surface area contributed by atoms with E-state index in [1.807, 2.05) is 31.2 Å². The molecule has 2 nitrogen and oxygen atoms in total. The van der Waals surface area contributed by atoms with Gasteiger partial charge in [0.2, 0.25) is 0 Å². The predicted molar refractivity (Wildman–Crippen MR) is 73.4 cm³/mol. The molecule has 2 aromatic rings. The highest BCUT2D eigenvalue weighted by molar-refractivity contribution is 6.22. The van der Waals surface area contributed by atoms with Crippen LogP contribution in [0.3, 0.4) is 0 Å². The van der Waals surface area contributed by atoms with Gasteiger partial charge in [0.05, 0.1) is 11.3 Å². The normalized spacial score (nSPS) is 13.9. The zero-order valence-electron chi connectivity index (χ0n) is 10.5. The Hall–Kier alpha value is -2.42. The van der Waals surface area contributed by atoms with Crippen LogP contribution >= 0.6 is 0 Å². The molecule has 94 valence electrons. The van der Waals surface area contributed by atoms with Crippen molar-refractivity contribution in [2.24, 2.45) is 0 Å². The summed E-state index contributed by atoms with van der Waals surface area (Å²) in [7, 11) is 0. The van der Waals surface area contributed by atoms with Gasteiger partial charge in [0.15, 0.2) is 0 Å². The molecule has 0 saturated carbocycles. The zero-order chi connectivity index (χ0) is 13.6. The van der Waals surface area contributed by atoms with Crippen molar-refractivity contribution in [2.75, 3.05) is 4.90 Å². The van der Waals surface area contributed by atoms with Crippen LogP contribution in [0.15, 0.2) is 49.0 Å². The fraction of sp³-hybridized carbons (Fsp3) is 0.0625. The lowest BCUT2D eigenvalue weighted by Gasteiger charge is -2.17. The largest absolute Gasteiger partial charge is 0.277 e. The lowest BCUT2D eigenvalue weighted by Crippen LogP contribution is -2.22. The van der Waals surface area contributed by atoms with E-state index in [0.29, 0.717) is 16.9 Å². The second-order valence-electron chi connectivity index (χ2n) is 4.59. The van der Waals surface area contributed by atoms with Gasteiger partial charge in [-0.05, 0) is 25.1 Å². The van der Waals surface area contributed by atoms with Gasteiger partial charge in [-0.25, -0.2) is 4.39 Å². The molecule has 0 aliphatic carbocycles.